The zero-order valence-corrected chi connectivity index (χ0v) is 12.6. The van der Waals surface area contributed by atoms with Crippen LogP contribution in [0.4, 0.5) is 6.01 Å². The predicted molar refractivity (Wildman–Crippen MR) is 77.6 cm³/mol. The Balaban J connectivity index is 1.80. The molecule has 0 saturated heterocycles. The van der Waals surface area contributed by atoms with Gasteiger partial charge in [-0.25, -0.2) is 0 Å². The number of benzene rings is 1. The van der Waals surface area contributed by atoms with Crippen LogP contribution in [0.15, 0.2) is 27.1 Å². The molecule has 0 fully saturated rings. The minimum atomic E-state index is 0.125. The molecule has 3 aromatic rings. The summed E-state index contributed by atoms with van der Waals surface area (Å²) in [5, 5.41) is 14.0. The lowest BCUT2D eigenvalue weighted by Crippen LogP contribution is -2.23. The lowest BCUT2D eigenvalue weighted by atomic mass is 10.1. The average molecular weight is 337 g/mol. The van der Waals surface area contributed by atoms with Crippen molar-refractivity contribution in [3.8, 4) is 0 Å². The van der Waals surface area contributed by atoms with Gasteiger partial charge in [0, 0.05) is 24.0 Å². The maximum absolute atomic E-state index is 5.73. The number of nitrogens with zero attached hydrogens (tertiary/aromatic N) is 5. The van der Waals surface area contributed by atoms with E-state index in [1.807, 2.05) is 37.1 Å². The highest BCUT2D eigenvalue weighted by Gasteiger charge is 2.17. The summed E-state index contributed by atoms with van der Waals surface area (Å²) in [6.07, 6.45) is 0. The first-order valence-electron chi connectivity index (χ1n) is 6.14. The molecule has 0 saturated carbocycles. The summed E-state index contributed by atoms with van der Waals surface area (Å²) in [6, 6.07) is 6.33. The van der Waals surface area contributed by atoms with Gasteiger partial charge < -0.3 is 9.32 Å². The minimum absolute atomic E-state index is 0.125. The van der Waals surface area contributed by atoms with E-state index in [-0.39, 0.29) is 5.92 Å². The van der Waals surface area contributed by atoms with Gasteiger partial charge in [-0.1, -0.05) is 28.1 Å². The topological polar surface area (TPSA) is 83.7 Å². The van der Waals surface area contributed by atoms with Crippen molar-refractivity contribution >= 4 is 33.0 Å². The number of aromatic nitrogens is 5. The Hall–Kier alpha value is -1.96. The SMILES string of the molecule is CC(CN(C)c1nc2cc(Br)ccc2o1)c1nn[nH]n1. The van der Waals surface area contributed by atoms with Gasteiger partial charge >= 0.3 is 0 Å². The molecule has 7 nitrogen and oxygen atoms in total. The molecule has 0 bridgehead atoms. The van der Waals surface area contributed by atoms with Crippen LogP contribution < -0.4 is 4.90 Å². The quantitative estimate of drug-likeness (QED) is 0.787. The van der Waals surface area contributed by atoms with Crippen LogP contribution in [-0.4, -0.2) is 39.2 Å². The van der Waals surface area contributed by atoms with Crippen molar-refractivity contribution in [3.05, 3.63) is 28.5 Å². The van der Waals surface area contributed by atoms with E-state index in [9.17, 15) is 0 Å². The second-order valence-electron chi connectivity index (χ2n) is 4.66. The number of H-pyrrole nitrogens is 1. The number of anilines is 1. The summed E-state index contributed by atoms with van der Waals surface area (Å²) < 4.78 is 6.71. The van der Waals surface area contributed by atoms with Crippen LogP contribution in [-0.2, 0) is 0 Å². The molecule has 0 aliphatic carbocycles. The number of nitrogens with one attached hydrogen (secondary N) is 1. The largest absolute Gasteiger partial charge is 0.423 e. The van der Waals surface area contributed by atoms with Crippen LogP contribution in [0.5, 0.6) is 0 Å². The predicted octanol–water partition coefficient (Wildman–Crippen LogP) is 2.34. The van der Waals surface area contributed by atoms with E-state index in [0.717, 1.165) is 15.6 Å². The molecule has 1 aromatic carbocycles. The zero-order valence-electron chi connectivity index (χ0n) is 11.0. The Morgan fingerprint density at radius 3 is 3.05 bits per heavy atom. The smallest absolute Gasteiger partial charge is 0.298 e. The van der Waals surface area contributed by atoms with Gasteiger partial charge in [-0.05, 0) is 18.2 Å². The van der Waals surface area contributed by atoms with Crippen molar-refractivity contribution < 1.29 is 4.42 Å². The average Bonchev–Trinajstić information content (AvgIpc) is 3.07. The summed E-state index contributed by atoms with van der Waals surface area (Å²) in [6.45, 7) is 2.72. The Labute approximate surface area is 123 Å². The molecule has 3 rings (SSSR count). The molecule has 1 atom stereocenters. The fourth-order valence-electron chi connectivity index (χ4n) is 2.00. The van der Waals surface area contributed by atoms with Crippen LogP contribution in [0.1, 0.15) is 18.7 Å². The molecular formula is C12H13BrN6O. The number of likely N-dealkylation sites (N-methyl/N-ethyl adjacent to an activating group) is 1. The number of oxazole rings is 1. The Morgan fingerprint density at radius 1 is 1.45 bits per heavy atom. The van der Waals surface area contributed by atoms with Crippen molar-refractivity contribution in [1.82, 2.24) is 25.6 Å². The van der Waals surface area contributed by atoms with Gasteiger partial charge in [0.25, 0.3) is 6.01 Å². The third kappa shape index (κ3) is 2.51. The van der Waals surface area contributed by atoms with Gasteiger partial charge in [-0.2, -0.15) is 10.2 Å². The fraction of sp³-hybridized carbons (Fsp3) is 0.333. The van der Waals surface area contributed by atoms with Crippen LogP contribution in [0, 0.1) is 0 Å². The van der Waals surface area contributed by atoms with Crippen LogP contribution >= 0.6 is 15.9 Å². The van der Waals surface area contributed by atoms with Gasteiger partial charge in [0.15, 0.2) is 11.4 Å². The third-order valence-electron chi connectivity index (χ3n) is 3.02. The van der Waals surface area contributed by atoms with Gasteiger partial charge in [-0.15, -0.1) is 10.2 Å². The summed E-state index contributed by atoms with van der Waals surface area (Å²) in [4.78, 5) is 6.41. The van der Waals surface area contributed by atoms with Gasteiger partial charge in [0.1, 0.15) is 5.52 Å². The third-order valence-corrected chi connectivity index (χ3v) is 3.51. The molecule has 0 spiro atoms. The van der Waals surface area contributed by atoms with Crippen LogP contribution in [0.25, 0.3) is 11.1 Å². The Bertz CT molecular complexity index is 710. The van der Waals surface area contributed by atoms with Gasteiger partial charge in [-0.3, -0.25) is 0 Å². The zero-order chi connectivity index (χ0) is 14.1. The van der Waals surface area contributed by atoms with Crippen LogP contribution in [0.2, 0.25) is 0 Å². The van der Waals surface area contributed by atoms with Crippen molar-refractivity contribution in [2.24, 2.45) is 0 Å². The van der Waals surface area contributed by atoms with Crippen molar-refractivity contribution in [3.63, 3.8) is 0 Å². The van der Waals surface area contributed by atoms with E-state index in [0.29, 0.717) is 18.4 Å². The highest BCUT2D eigenvalue weighted by molar-refractivity contribution is 9.10. The first kappa shape index (κ1) is 13.0. The number of tetrazole rings is 1. The van der Waals surface area contributed by atoms with Crippen LogP contribution in [0.3, 0.4) is 0 Å². The number of halogens is 1. The first-order chi connectivity index (χ1) is 9.63. The summed E-state index contributed by atoms with van der Waals surface area (Å²) in [5.74, 6) is 0.802. The van der Waals surface area contributed by atoms with E-state index in [2.05, 4.69) is 41.5 Å². The molecular weight excluding hydrogens is 324 g/mol. The normalized spacial score (nSPS) is 12.8. The molecule has 8 heteroatoms. The molecule has 1 unspecified atom stereocenters. The molecule has 2 heterocycles. The van der Waals surface area contributed by atoms with Crippen molar-refractivity contribution in [2.45, 2.75) is 12.8 Å². The highest BCUT2D eigenvalue weighted by Crippen LogP contribution is 2.25. The van der Waals surface area contributed by atoms with E-state index >= 15 is 0 Å². The molecule has 2 aromatic heterocycles. The molecule has 20 heavy (non-hydrogen) atoms. The summed E-state index contributed by atoms with van der Waals surface area (Å²) >= 11 is 3.42. The number of rotatable bonds is 4. The minimum Gasteiger partial charge on any atom is -0.423 e. The Kier molecular flexibility index (Phi) is 3.39. The van der Waals surface area contributed by atoms with E-state index in [1.54, 1.807) is 0 Å². The molecule has 0 radical (unpaired) electrons. The van der Waals surface area contributed by atoms with Gasteiger partial charge in [0.05, 0.1) is 0 Å². The molecule has 0 aliphatic heterocycles. The monoisotopic (exact) mass is 336 g/mol. The molecule has 1 N–H and O–H groups in total. The Morgan fingerprint density at radius 2 is 2.30 bits per heavy atom. The fourth-order valence-corrected chi connectivity index (χ4v) is 2.35. The van der Waals surface area contributed by atoms with Crippen molar-refractivity contribution in [1.29, 1.82) is 0 Å². The second kappa shape index (κ2) is 5.20. The molecule has 0 aliphatic rings. The number of hydrogen-bond acceptors (Lipinski definition) is 6. The first-order valence-corrected chi connectivity index (χ1v) is 6.93. The maximum Gasteiger partial charge on any atom is 0.298 e. The molecule has 0 amide bonds. The lowest BCUT2D eigenvalue weighted by Gasteiger charge is -2.17. The van der Waals surface area contributed by atoms with E-state index in [1.165, 1.54) is 0 Å². The van der Waals surface area contributed by atoms with Gasteiger partial charge in [0.2, 0.25) is 0 Å². The van der Waals surface area contributed by atoms with Crippen molar-refractivity contribution in [2.75, 3.05) is 18.5 Å². The number of fused-ring (bicyclic) bond motifs is 1. The standard InChI is InChI=1S/C12H13BrN6O/c1-7(11-15-17-18-16-11)6-19(2)12-14-9-5-8(13)3-4-10(9)20-12/h3-5,7H,6H2,1-2H3,(H,15,16,17,18). The second-order valence-corrected chi connectivity index (χ2v) is 5.58. The van der Waals surface area contributed by atoms with E-state index in [4.69, 9.17) is 4.42 Å². The summed E-state index contributed by atoms with van der Waals surface area (Å²) in [5.41, 5.74) is 1.59. The maximum atomic E-state index is 5.73. The highest BCUT2D eigenvalue weighted by atomic mass is 79.9. The van der Waals surface area contributed by atoms with E-state index < -0.39 is 0 Å². The number of hydrogen-bond donors (Lipinski definition) is 1. The molecule has 104 valence electrons. The number of aromatic amines is 1. The lowest BCUT2D eigenvalue weighted by molar-refractivity contribution is 0.565. The summed E-state index contributed by atoms with van der Waals surface area (Å²) in [7, 11) is 1.93.